The first-order valence-electron chi connectivity index (χ1n) is 15.3. The van der Waals surface area contributed by atoms with Crippen molar-refractivity contribution in [2.24, 2.45) is 5.92 Å². The Bertz CT molecular complexity index is 1300. The number of hydrogen-bond donors (Lipinski definition) is 7. The van der Waals surface area contributed by atoms with Crippen molar-refractivity contribution in [3.8, 4) is 0 Å². The summed E-state index contributed by atoms with van der Waals surface area (Å²) in [6.07, 6.45) is 0.302. The van der Waals surface area contributed by atoms with Crippen LogP contribution in [0, 0.1) is 5.92 Å². The molecular formula is C31H44N6O10. The summed E-state index contributed by atoms with van der Waals surface area (Å²) in [7, 11) is 0. The summed E-state index contributed by atoms with van der Waals surface area (Å²) in [5.41, 5.74) is 0.647. The molecule has 5 atom stereocenters. The molecule has 6 amide bonds. The molecule has 1 fully saturated rings. The third kappa shape index (κ3) is 12.7. The summed E-state index contributed by atoms with van der Waals surface area (Å²) in [5.74, 6) is -6.75. The monoisotopic (exact) mass is 660 g/mol. The van der Waals surface area contributed by atoms with Crippen LogP contribution in [0.2, 0.25) is 0 Å². The number of carbonyl (C=O) groups excluding carboxylic acids is 6. The largest absolute Gasteiger partial charge is 0.481 e. The number of nitrogens with zero attached hydrogens (tertiary/aromatic N) is 1. The summed E-state index contributed by atoms with van der Waals surface area (Å²) in [4.78, 5) is 100. The van der Waals surface area contributed by atoms with Gasteiger partial charge in [-0.1, -0.05) is 44.2 Å². The van der Waals surface area contributed by atoms with E-state index in [1.54, 1.807) is 30.3 Å². The molecule has 258 valence electrons. The molecule has 7 N–H and O–H groups in total. The zero-order valence-corrected chi connectivity index (χ0v) is 26.9. The minimum absolute atomic E-state index is 0.0101. The topological polar surface area (TPSA) is 240 Å². The van der Waals surface area contributed by atoms with Crippen LogP contribution in [-0.2, 0) is 44.8 Å². The Morgan fingerprint density at radius 1 is 0.851 bits per heavy atom. The maximum Gasteiger partial charge on any atom is 0.326 e. The molecule has 0 radical (unpaired) electrons. The highest BCUT2D eigenvalue weighted by atomic mass is 16.4. The van der Waals surface area contributed by atoms with E-state index in [9.17, 15) is 43.5 Å². The summed E-state index contributed by atoms with van der Waals surface area (Å²) in [6.45, 7) is 5.83. The second kappa shape index (κ2) is 18.2. The van der Waals surface area contributed by atoms with Gasteiger partial charge in [0.1, 0.15) is 30.2 Å². The van der Waals surface area contributed by atoms with Gasteiger partial charge in [-0.15, -0.1) is 0 Å². The molecule has 0 spiro atoms. The molecule has 16 heteroatoms. The first kappa shape index (κ1) is 38.2. The van der Waals surface area contributed by atoms with Crippen LogP contribution in [-0.4, -0.2) is 106 Å². The number of likely N-dealkylation sites (tertiary alicyclic amines) is 1. The Morgan fingerprint density at radius 2 is 1.51 bits per heavy atom. The molecule has 0 unspecified atom stereocenters. The molecule has 0 aliphatic carbocycles. The van der Waals surface area contributed by atoms with Gasteiger partial charge in [0.05, 0.1) is 13.0 Å². The van der Waals surface area contributed by atoms with Crippen molar-refractivity contribution >= 4 is 47.4 Å². The lowest BCUT2D eigenvalue weighted by molar-refractivity contribution is -0.145. The number of nitrogens with one attached hydrogen (secondary N) is 5. The molecule has 47 heavy (non-hydrogen) atoms. The van der Waals surface area contributed by atoms with E-state index in [-0.39, 0.29) is 25.3 Å². The van der Waals surface area contributed by atoms with Crippen LogP contribution >= 0.6 is 0 Å². The highest BCUT2D eigenvalue weighted by molar-refractivity contribution is 5.96. The van der Waals surface area contributed by atoms with Crippen LogP contribution in [0.15, 0.2) is 30.3 Å². The quantitative estimate of drug-likeness (QED) is 0.107. The van der Waals surface area contributed by atoms with E-state index in [4.69, 9.17) is 5.11 Å². The molecule has 0 saturated carbocycles. The van der Waals surface area contributed by atoms with Gasteiger partial charge >= 0.3 is 11.9 Å². The molecule has 1 aromatic rings. The fourth-order valence-electron chi connectivity index (χ4n) is 5.12. The third-order valence-corrected chi connectivity index (χ3v) is 7.32. The standard InChI is InChI=1S/C31H44N6O10/c1-17(2)13-23(31(46)47)36-29(44)24-11-8-12-37(24)30(45)18(3)33-25(39)16-32-27(42)21(14-20-9-6-5-7-10-20)35-28(43)22(15-26(40)41)34-19(4)38/h5-7,9-10,17-18,21-24H,8,11-16H2,1-4H3,(H,32,42)(H,33,39)(H,34,38)(H,35,43)(H,36,44)(H,40,41)(H,46,47)/t18-,21-,22-,23-,24-/m0/s1. The Hall–Kier alpha value is -5.02. The average Bonchev–Trinajstić information content (AvgIpc) is 3.48. The summed E-state index contributed by atoms with van der Waals surface area (Å²) in [6, 6.07) is 2.78. The average molecular weight is 661 g/mol. The van der Waals surface area contributed by atoms with E-state index in [0.717, 1.165) is 6.92 Å². The van der Waals surface area contributed by atoms with Crippen molar-refractivity contribution in [2.45, 2.75) is 90.0 Å². The molecule has 1 aliphatic rings. The smallest absolute Gasteiger partial charge is 0.326 e. The molecule has 1 saturated heterocycles. The fourth-order valence-corrected chi connectivity index (χ4v) is 5.12. The SMILES string of the molecule is CC(=O)N[C@@H](CC(=O)O)C(=O)N[C@@H](Cc1ccccc1)C(=O)NCC(=O)N[C@@H](C)C(=O)N1CCC[C@H]1C(=O)N[C@@H](CC(C)C)C(=O)O. The maximum absolute atomic E-state index is 13.2. The van der Waals surface area contributed by atoms with Crippen LogP contribution in [0.4, 0.5) is 0 Å². The lowest BCUT2D eigenvalue weighted by Crippen LogP contribution is -2.56. The van der Waals surface area contributed by atoms with E-state index in [0.29, 0.717) is 18.4 Å². The van der Waals surface area contributed by atoms with E-state index >= 15 is 0 Å². The number of aliphatic carboxylic acids is 2. The zero-order valence-electron chi connectivity index (χ0n) is 26.9. The van der Waals surface area contributed by atoms with Gasteiger partial charge in [0, 0.05) is 19.9 Å². The number of carboxylic acids is 2. The zero-order chi connectivity index (χ0) is 35.3. The van der Waals surface area contributed by atoms with Crippen LogP contribution < -0.4 is 26.6 Å². The fraction of sp³-hybridized carbons (Fsp3) is 0.548. The maximum atomic E-state index is 13.2. The van der Waals surface area contributed by atoms with Crippen molar-refractivity contribution < 1.29 is 48.6 Å². The summed E-state index contributed by atoms with van der Waals surface area (Å²) in [5, 5.41) is 30.7. The lowest BCUT2D eigenvalue weighted by atomic mass is 10.0. The van der Waals surface area contributed by atoms with Gasteiger partial charge in [-0.05, 0) is 37.7 Å². The van der Waals surface area contributed by atoms with E-state index < -0.39 is 90.6 Å². The highest BCUT2D eigenvalue weighted by Gasteiger charge is 2.38. The van der Waals surface area contributed by atoms with E-state index in [1.807, 2.05) is 13.8 Å². The van der Waals surface area contributed by atoms with Gasteiger partial charge in [0.2, 0.25) is 35.4 Å². The van der Waals surface area contributed by atoms with Crippen LogP contribution in [0.1, 0.15) is 58.9 Å². The number of carboxylic acid groups (broad SMARTS) is 2. The van der Waals surface area contributed by atoms with Gasteiger partial charge < -0.3 is 41.7 Å². The number of hydrogen-bond acceptors (Lipinski definition) is 8. The van der Waals surface area contributed by atoms with E-state index in [2.05, 4.69) is 26.6 Å². The van der Waals surface area contributed by atoms with Crippen molar-refractivity contribution in [2.75, 3.05) is 13.1 Å². The molecule has 0 bridgehead atoms. The minimum Gasteiger partial charge on any atom is -0.481 e. The van der Waals surface area contributed by atoms with Crippen LogP contribution in [0.25, 0.3) is 0 Å². The first-order valence-corrected chi connectivity index (χ1v) is 15.3. The lowest BCUT2D eigenvalue weighted by Gasteiger charge is -2.28. The van der Waals surface area contributed by atoms with E-state index in [1.165, 1.54) is 11.8 Å². The number of benzene rings is 1. The molecular weight excluding hydrogens is 616 g/mol. The number of rotatable bonds is 17. The third-order valence-electron chi connectivity index (χ3n) is 7.32. The number of carbonyl (C=O) groups is 8. The van der Waals surface area contributed by atoms with Gasteiger partial charge in [-0.3, -0.25) is 33.6 Å². The minimum atomic E-state index is -1.45. The van der Waals surface area contributed by atoms with Gasteiger partial charge in [0.15, 0.2) is 0 Å². The summed E-state index contributed by atoms with van der Waals surface area (Å²) >= 11 is 0. The molecule has 16 nitrogen and oxygen atoms in total. The van der Waals surface area contributed by atoms with Crippen molar-refractivity contribution in [3.63, 3.8) is 0 Å². The van der Waals surface area contributed by atoms with Crippen molar-refractivity contribution in [1.29, 1.82) is 0 Å². The first-order chi connectivity index (χ1) is 22.1. The summed E-state index contributed by atoms with van der Waals surface area (Å²) < 4.78 is 0. The predicted molar refractivity (Wildman–Crippen MR) is 166 cm³/mol. The molecule has 1 heterocycles. The molecule has 2 rings (SSSR count). The van der Waals surface area contributed by atoms with Gasteiger partial charge in [0.25, 0.3) is 0 Å². The van der Waals surface area contributed by atoms with Crippen LogP contribution in [0.5, 0.6) is 0 Å². The van der Waals surface area contributed by atoms with Gasteiger partial charge in [-0.25, -0.2) is 4.79 Å². The second-order valence-corrected chi connectivity index (χ2v) is 11.8. The van der Waals surface area contributed by atoms with Gasteiger partial charge in [-0.2, -0.15) is 0 Å². The Labute approximate surface area is 272 Å². The predicted octanol–water partition coefficient (Wildman–Crippen LogP) is -1.08. The van der Waals surface area contributed by atoms with Crippen molar-refractivity contribution in [3.05, 3.63) is 35.9 Å². The Kier molecular flexibility index (Phi) is 14.8. The Balaban J connectivity index is 2.03. The second-order valence-electron chi connectivity index (χ2n) is 11.8. The number of amides is 6. The molecule has 0 aromatic heterocycles. The molecule has 1 aromatic carbocycles. The van der Waals surface area contributed by atoms with Crippen molar-refractivity contribution in [1.82, 2.24) is 31.5 Å². The van der Waals surface area contributed by atoms with Crippen LogP contribution in [0.3, 0.4) is 0 Å². The Morgan fingerprint density at radius 3 is 2.09 bits per heavy atom. The normalized spacial score (nSPS) is 16.6. The molecule has 1 aliphatic heterocycles. The highest BCUT2D eigenvalue weighted by Crippen LogP contribution is 2.19.